The van der Waals surface area contributed by atoms with Crippen molar-refractivity contribution >= 4 is 28.1 Å². The van der Waals surface area contributed by atoms with Crippen LogP contribution in [-0.2, 0) is 5.75 Å². The average Bonchev–Trinajstić information content (AvgIpc) is 3.20. The number of rotatable bonds is 4. The van der Waals surface area contributed by atoms with Crippen LogP contribution in [0, 0.1) is 6.92 Å². The Hall–Kier alpha value is -2.79. The molecule has 1 N–H and O–H groups in total. The molecule has 25 heavy (non-hydrogen) atoms. The fraction of sp³-hybridized carbons (Fsp3) is 0.143. The Morgan fingerprint density at radius 2 is 2.08 bits per heavy atom. The van der Waals surface area contributed by atoms with Crippen LogP contribution in [0.25, 0.3) is 10.6 Å². The number of benzene rings is 1. The van der Waals surface area contributed by atoms with Gasteiger partial charge in [-0.1, -0.05) is 23.1 Å². The number of phenolic OH excluding ortho intramolecular Hbond substituents is 1. The lowest BCUT2D eigenvalue weighted by atomic mass is 10.3. The molecule has 0 atom stereocenters. The van der Waals surface area contributed by atoms with Gasteiger partial charge in [0.2, 0.25) is 10.1 Å². The molecule has 0 aliphatic carbocycles. The highest BCUT2D eigenvalue weighted by Crippen LogP contribution is 2.23. The van der Waals surface area contributed by atoms with Gasteiger partial charge in [-0.15, -0.1) is 5.10 Å². The van der Waals surface area contributed by atoms with Crippen molar-refractivity contribution in [1.82, 2.24) is 34.8 Å². The monoisotopic (exact) mass is 373 g/mol. The fourth-order valence-electron chi connectivity index (χ4n) is 2.19. The predicted octanol–water partition coefficient (Wildman–Crippen LogP) is 1.43. The highest BCUT2D eigenvalue weighted by atomic mass is 32.2. The minimum absolute atomic E-state index is 0.170. The van der Waals surface area contributed by atoms with Crippen molar-refractivity contribution in [3.63, 3.8) is 0 Å². The van der Waals surface area contributed by atoms with Crippen LogP contribution in [0.3, 0.4) is 0 Å². The molecule has 4 rings (SSSR count). The van der Waals surface area contributed by atoms with Crippen LogP contribution in [0.1, 0.15) is 10.7 Å². The molecule has 0 aliphatic heterocycles. The molecule has 0 aliphatic rings. The number of hydrogen-bond acceptors (Lipinski definition) is 9. The first-order chi connectivity index (χ1) is 12.1. The highest BCUT2D eigenvalue weighted by molar-refractivity contribution is 7.98. The zero-order valence-electron chi connectivity index (χ0n) is 12.9. The van der Waals surface area contributed by atoms with Crippen LogP contribution in [-0.4, -0.2) is 39.9 Å². The van der Waals surface area contributed by atoms with Crippen molar-refractivity contribution < 1.29 is 5.11 Å². The summed E-state index contributed by atoms with van der Waals surface area (Å²) < 4.78 is 2.86. The molecule has 0 amide bonds. The van der Waals surface area contributed by atoms with Crippen LogP contribution in [0.4, 0.5) is 0 Å². The summed E-state index contributed by atoms with van der Waals surface area (Å²) in [5.74, 6) is 0.616. The molecule has 9 nitrogen and oxygen atoms in total. The van der Waals surface area contributed by atoms with E-state index in [9.17, 15) is 9.90 Å². The lowest BCUT2D eigenvalue weighted by Gasteiger charge is -2.04. The Kier molecular flexibility index (Phi) is 3.93. The third-order valence-electron chi connectivity index (χ3n) is 3.28. The Balaban J connectivity index is 1.59. The largest absolute Gasteiger partial charge is 0.508 e. The van der Waals surface area contributed by atoms with E-state index in [1.807, 2.05) is 6.92 Å². The molecule has 1 aromatic carbocycles. The number of tetrazole rings is 1. The van der Waals surface area contributed by atoms with Gasteiger partial charge in [-0.2, -0.15) is 14.3 Å². The van der Waals surface area contributed by atoms with Crippen molar-refractivity contribution in [3.8, 4) is 11.4 Å². The minimum atomic E-state index is -0.205. The molecule has 11 heteroatoms. The number of fused-ring (bicyclic) bond motifs is 1. The summed E-state index contributed by atoms with van der Waals surface area (Å²) in [6, 6.07) is 8.02. The molecule has 0 spiro atoms. The Labute approximate surface area is 149 Å². The summed E-state index contributed by atoms with van der Waals surface area (Å²) in [5, 5.41) is 26.5. The highest BCUT2D eigenvalue weighted by Gasteiger charge is 2.12. The first-order valence-corrected chi connectivity index (χ1v) is 8.97. The predicted molar refractivity (Wildman–Crippen MR) is 92.3 cm³/mol. The number of phenols is 1. The number of thioether (sulfide) groups is 1. The topological polar surface area (TPSA) is 111 Å². The normalized spacial score (nSPS) is 11.2. The molecule has 0 radical (unpaired) electrons. The van der Waals surface area contributed by atoms with Crippen LogP contribution >= 0.6 is 23.1 Å². The zero-order chi connectivity index (χ0) is 17.4. The first-order valence-electron chi connectivity index (χ1n) is 7.17. The molecule has 3 heterocycles. The van der Waals surface area contributed by atoms with E-state index in [2.05, 4.69) is 25.6 Å². The van der Waals surface area contributed by atoms with Crippen molar-refractivity contribution in [1.29, 1.82) is 0 Å². The zero-order valence-corrected chi connectivity index (χ0v) is 14.5. The molecule has 0 fully saturated rings. The molecule has 3 aromatic heterocycles. The maximum atomic E-state index is 12.1. The van der Waals surface area contributed by atoms with E-state index in [-0.39, 0.29) is 11.3 Å². The molecule has 0 saturated carbocycles. The molecule has 0 saturated heterocycles. The number of hydrogen-bond donors (Lipinski definition) is 1. The summed E-state index contributed by atoms with van der Waals surface area (Å²) in [7, 11) is 0. The third-order valence-corrected chi connectivity index (χ3v) is 5.06. The van der Waals surface area contributed by atoms with Crippen LogP contribution < -0.4 is 5.56 Å². The second kappa shape index (κ2) is 6.26. The van der Waals surface area contributed by atoms with E-state index in [4.69, 9.17) is 0 Å². The number of aromatic hydroxyl groups is 1. The van der Waals surface area contributed by atoms with E-state index < -0.39 is 0 Å². The maximum Gasteiger partial charge on any atom is 0.275 e. The first kappa shape index (κ1) is 15.7. The van der Waals surface area contributed by atoms with Gasteiger partial charge in [-0.25, -0.2) is 4.98 Å². The minimum Gasteiger partial charge on any atom is -0.508 e. The second-order valence-electron chi connectivity index (χ2n) is 5.08. The van der Waals surface area contributed by atoms with E-state index in [1.165, 1.54) is 33.7 Å². The molecular weight excluding hydrogens is 362 g/mol. The molecular formula is C14H11N7O2S2. The van der Waals surface area contributed by atoms with Gasteiger partial charge in [-0.05, 0) is 41.6 Å². The van der Waals surface area contributed by atoms with Gasteiger partial charge in [0.05, 0.1) is 11.4 Å². The van der Waals surface area contributed by atoms with E-state index >= 15 is 0 Å². The molecule has 126 valence electrons. The van der Waals surface area contributed by atoms with Crippen LogP contribution in [0.2, 0.25) is 0 Å². The van der Waals surface area contributed by atoms with E-state index in [1.54, 1.807) is 28.9 Å². The quantitative estimate of drug-likeness (QED) is 0.535. The summed E-state index contributed by atoms with van der Waals surface area (Å²) in [6.45, 7) is 1.83. The lowest BCUT2D eigenvalue weighted by Crippen LogP contribution is -2.15. The van der Waals surface area contributed by atoms with Crippen molar-refractivity contribution in [2.75, 3.05) is 0 Å². The summed E-state index contributed by atoms with van der Waals surface area (Å²) in [4.78, 5) is 17.1. The standard InChI is InChI=1S/C14H11N7O2S2/c1-8-17-21-12(23)6-9(15-13(21)25-8)7-24-14-16-18-19-20(14)10-2-4-11(22)5-3-10/h2-6,22H,7H2,1H3. The van der Waals surface area contributed by atoms with Gasteiger partial charge in [0.25, 0.3) is 5.56 Å². The Bertz CT molecular complexity index is 1100. The summed E-state index contributed by atoms with van der Waals surface area (Å²) in [5.41, 5.74) is 1.16. The average molecular weight is 373 g/mol. The van der Waals surface area contributed by atoms with Crippen molar-refractivity contribution in [3.05, 3.63) is 51.4 Å². The van der Waals surface area contributed by atoms with Gasteiger partial charge >= 0.3 is 0 Å². The van der Waals surface area contributed by atoms with Gasteiger partial charge in [-0.3, -0.25) is 4.79 Å². The lowest BCUT2D eigenvalue weighted by molar-refractivity contribution is 0.475. The second-order valence-corrected chi connectivity index (χ2v) is 7.18. The van der Waals surface area contributed by atoms with Gasteiger partial charge in [0, 0.05) is 11.8 Å². The Morgan fingerprint density at radius 3 is 2.88 bits per heavy atom. The summed E-state index contributed by atoms with van der Waals surface area (Å²) in [6.07, 6.45) is 0. The van der Waals surface area contributed by atoms with Gasteiger partial charge in [0.1, 0.15) is 10.8 Å². The van der Waals surface area contributed by atoms with Gasteiger partial charge in [0.15, 0.2) is 0 Å². The molecule has 0 bridgehead atoms. The van der Waals surface area contributed by atoms with Crippen molar-refractivity contribution in [2.24, 2.45) is 0 Å². The van der Waals surface area contributed by atoms with Crippen molar-refractivity contribution in [2.45, 2.75) is 17.8 Å². The van der Waals surface area contributed by atoms with E-state index in [0.29, 0.717) is 21.6 Å². The maximum absolute atomic E-state index is 12.1. The number of aryl methyl sites for hydroxylation is 1. The molecule has 4 aromatic rings. The summed E-state index contributed by atoms with van der Waals surface area (Å²) >= 11 is 2.74. The third kappa shape index (κ3) is 3.10. The number of aromatic nitrogens is 7. The van der Waals surface area contributed by atoms with E-state index in [0.717, 1.165) is 10.7 Å². The van der Waals surface area contributed by atoms with Crippen LogP contribution in [0.5, 0.6) is 5.75 Å². The van der Waals surface area contributed by atoms with Crippen LogP contribution in [0.15, 0.2) is 40.3 Å². The Morgan fingerprint density at radius 1 is 1.28 bits per heavy atom. The fourth-order valence-corrected chi connectivity index (χ4v) is 3.74. The van der Waals surface area contributed by atoms with Gasteiger partial charge < -0.3 is 5.11 Å². The molecule has 0 unspecified atom stereocenters. The number of nitrogens with zero attached hydrogens (tertiary/aromatic N) is 7. The SMILES string of the molecule is Cc1nn2c(=O)cc(CSc3nnnn3-c3ccc(O)cc3)nc2s1. The smallest absolute Gasteiger partial charge is 0.275 e.